The Kier molecular flexibility index (Phi) is 5.37. The fourth-order valence-electron chi connectivity index (χ4n) is 1.65. The number of amides is 2. The van der Waals surface area contributed by atoms with Crippen LogP contribution in [0.1, 0.15) is 22.5 Å². The lowest BCUT2D eigenvalue weighted by Gasteiger charge is -2.05. The Morgan fingerprint density at radius 2 is 2.10 bits per heavy atom. The predicted octanol–water partition coefficient (Wildman–Crippen LogP) is 1.82. The molecule has 2 heterocycles. The molecule has 0 saturated heterocycles. The van der Waals surface area contributed by atoms with E-state index in [1.165, 1.54) is 11.3 Å². The smallest absolute Gasteiger partial charge is 0.252 e. The standard InChI is InChI=1S/C14H16N2O3S/c17-13(15-6-3-12-2-1-8-19-12)4-7-16-14(18)11-5-9-20-10-11/h1-2,5,8-10H,3-4,6-7H2,(H,15,17)(H,16,18). The monoisotopic (exact) mass is 292 g/mol. The molecule has 0 aromatic carbocycles. The van der Waals surface area contributed by atoms with E-state index in [0.29, 0.717) is 25.1 Å². The zero-order valence-electron chi connectivity index (χ0n) is 10.9. The van der Waals surface area contributed by atoms with Gasteiger partial charge in [-0.05, 0) is 23.6 Å². The van der Waals surface area contributed by atoms with Crippen molar-refractivity contribution in [2.75, 3.05) is 13.1 Å². The van der Waals surface area contributed by atoms with Crippen LogP contribution in [-0.2, 0) is 11.2 Å². The maximum absolute atomic E-state index is 11.6. The Morgan fingerprint density at radius 1 is 1.20 bits per heavy atom. The van der Waals surface area contributed by atoms with Crippen molar-refractivity contribution in [3.05, 3.63) is 46.5 Å². The zero-order valence-corrected chi connectivity index (χ0v) is 11.7. The minimum absolute atomic E-state index is 0.0813. The summed E-state index contributed by atoms with van der Waals surface area (Å²) in [4.78, 5) is 23.2. The molecule has 0 saturated carbocycles. The summed E-state index contributed by atoms with van der Waals surface area (Å²) in [5, 5.41) is 9.11. The summed E-state index contributed by atoms with van der Waals surface area (Å²) in [7, 11) is 0. The first-order chi connectivity index (χ1) is 9.75. The van der Waals surface area contributed by atoms with Gasteiger partial charge in [-0.15, -0.1) is 0 Å². The van der Waals surface area contributed by atoms with Crippen LogP contribution in [0.4, 0.5) is 0 Å². The number of carbonyl (C=O) groups excluding carboxylic acids is 2. The van der Waals surface area contributed by atoms with Gasteiger partial charge in [0.15, 0.2) is 0 Å². The Bertz CT molecular complexity index is 535. The molecule has 0 aliphatic rings. The minimum Gasteiger partial charge on any atom is -0.469 e. The molecule has 2 N–H and O–H groups in total. The Morgan fingerprint density at radius 3 is 2.80 bits per heavy atom. The number of rotatable bonds is 7. The molecule has 2 amide bonds. The van der Waals surface area contributed by atoms with Crippen LogP contribution in [0.15, 0.2) is 39.6 Å². The highest BCUT2D eigenvalue weighted by atomic mass is 32.1. The summed E-state index contributed by atoms with van der Waals surface area (Å²) in [6, 6.07) is 5.44. The normalized spacial score (nSPS) is 10.2. The van der Waals surface area contributed by atoms with Crippen molar-refractivity contribution in [2.45, 2.75) is 12.8 Å². The van der Waals surface area contributed by atoms with Crippen LogP contribution in [0.2, 0.25) is 0 Å². The number of furan rings is 1. The van der Waals surface area contributed by atoms with Crippen LogP contribution in [0, 0.1) is 0 Å². The third kappa shape index (κ3) is 4.55. The predicted molar refractivity (Wildman–Crippen MR) is 76.7 cm³/mol. The van der Waals surface area contributed by atoms with E-state index in [1.54, 1.807) is 17.7 Å². The highest BCUT2D eigenvalue weighted by molar-refractivity contribution is 7.08. The molecule has 0 unspecified atom stereocenters. The van der Waals surface area contributed by atoms with Crippen molar-refractivity contribution in [1.29, 1.82) is 0 Å². The van der Waals surface area contributed by atoms with Crippen molar-refractivity contribution in [3.8, 4) is 0 Å². The second kappa shape index (κ2) is 7.49. The van der Waals surface area contributed by atoms with E-state index in [9.17, 15) is 9.59 Å². The number of hydrogen-bond donors (Lipinski definition) is 2. The molecule has 106 valence electrons. The maximum atomic E-state index is 11.6. The van der Waals surface area contributed by atoms with Gasteiger partial charge in [0, 0.05) is 36.9 Å². The van der Waals surface area contributed by atoms with Crippen LogP contribution < -0.4 is 10.6 Å². The Balaban J connectivity index is 1.57. The first-order valence-electron chi connectivity index (χ1n) is 6.35. The summed E-state index contributed by atoms with van der Waals surface area (Å²) in [6.07, 6.45) is 2.55. The molecular formula is C14H16N2O3S. The highest BCUT2D eigenvalue weighted by Crippen LogP contribution is 2.05. The number of carbonyl (C=O) groups is 2. The topological polar surface area (TPSA) is 71.3 Å². The lowest BCUT2D eigenvalue weighted by molar-refractivity contribution is -0.120. The van der Waals surface area contributed by atoms with E-state index in [2.05, 4.69) is 10.6 Å². The molecule has 0 atom stereocenters. The molecule has 2 aromatic heterocycles. The molecule has 0 radical (unpaired) electrons. The van der Waals surface area contributed by atoms with Crippen LogP contribution in [0.3, 0.4) is 0 Å². The van der Waals surface area contributed by atoms with Gasteiger partial charge in [-0.2, -0.15) is 11.3 Å². The second-order valence-electron chi connectivity index (χ2n) is 4.20. The second-order valence-corrected chi connectivity index (χ2v) is 4.98. The molecule has 2 aromatic rings. The summed E-state index contributed by atoms with van der Waals surface area (Å²) >= 11 is 1.47. The quantitative estimate of drug-likeness (QED) is 0.817. The number of nitrogens with one attached hydrogen (secondary N) is 2. The average Bonchev–Trinajstić information content (AvgIpc) is 3.12. The van der Waals surface area contributed by atoms with E-state index >= 15 is 0 Å². The van der Waals surface area contributed by atoms with Gasteiger partial charge in [0.25, 0.3) is 5.91 Å². The van der Waals surface area contributed by atoms with E-state index in [0.717, 1.165) is 5.76 Å². The molecule has 2 rings (SSSR count). The van der Waals surface area contributed by atoms with Crippen LogP contribution in [-0.4, -0.2) is 24.9 Å². The summed E-state index contributed by atoms with van der Waals surface area (Å²) in [5.74, 6) is 0.618. The van der Waals surface area contributed by atoms with Gasteiger partial charge in [0.05, 0.1) is 6.26 Å². The lowest BCUT2D eigenvalue weighted by Crippen LogP contribution is -2.31. The molecule has 6 heteroatoms. The van der Waals surface area contributed by atoms with Gasteiger partial charge >= 0.3 is 0 Å². The van der Waals surface area contributed by atoms with E-state index in [4.69, 9.17) is 4.42 Å². The zero-order chi connectivity index (χ0) is 14.2. The Hall–Kier alpha value is -2.08. The fourth-order valence-corrected chi connectivity index (χ4v) is 2.29. The van der Waals surface area contributed by atoms with Crippen molar-refractivity contribution < 1.29 is 14.0 Å². The van der Waals surface area contributed by atoms with Gasteiger partial charge in [-0.3, -0.25) is 9.59 Å². The first kappa shape index (κ1) is 14.3. The molecular weight excluding hydrogens is 276 g/mol. The number of thiophene rings is 1. The average molecular weight is 292 g/mol. The van der Waals surface area contributed by atoms with Crippen LogP contribution in [0.5, 0.6) is 0 Å². The molecule has 0 aliphatic carbocycles. The molecule has 0 aliphatic heterocycles. The van der Waals surface area contributed by atoms with Gasteiger partial charge in [-0.25, -0.2) is 0 Å². The van der Waals surface area contributed by atoms with Crippen molar-refractivity contribution in [3.63, 3.8) is 0 Å². The van der Waals surface area contributed by atoms with Crippen molar-refractivity contribution in [2.24, 2.45) is 0 Å². The molecule has 0 spiro atoms. The summed E-state index contributed by atoms with van der Waals surface area (Å²) in [6.45, 7) is 0.867. The highest BCUT2D eigenvalue weighted by Gasteiger charge is 2.06. The molecule has 0 bridgehead atoms. The molecule has 5 nitrogen and oxygen atoms in total. The van der Waals surface area contributed by atoms with Crippen LogP contribution >= 0.6 is 11.3 Å². The van der Waals surface area contributed by atoms with Gasteiger partial charge < -0.3 is 15.1 Å². The summed E-state index contributed by atoms with van der Waals surface area (Å²) < 4.78 is 5.16. The van der Waals surface area contributed by atoms with E-state index in [-0.39, 0.29) is 18.2 Å². The van der Waals surface area contributed by atoms with Gasteiger partial charge in [0.2, 0.25) is 5.91 Å². The van der Waals surface area contributed by atoms with Gasteiger partial charge in [-0.1, -0.05) is 0 Å². The molecule has 0 fully saturated rings. The Labute approximate surface area is 121 Å². The van der Waals surface area contributed by atoms with Crippen molar-refractivity contribution in [1.82, 2.24) is 10.6 Å². The third-order valence-electron chi connectivity index (χ3n) is 2.69. The van der Waals surface area contributed by atoms with E-state index in [1.807, 2.05) is 17.5 Å². The minimum atomic E-state index is -0.144. The lowest BCUT2D eigenvalue weighted by atomic mass is 10.3. The summed E-state index contributed by atoms with van der Waals surface area (Å²) in [5.41, 5.74) is 0.633. The number of hydrogen-bond acceptors (Lipinski definition) is 4. The largest absolute Gasteiger partial charge is 0.469 e. The third-order valence-corrected chi connectivity index (χ3v) is 3.38. The van der Waals surface area contributed by atoms with Crippen molar-refractivity contribution >= 4 is 23.2 Å². The maximum Gasteiger partial charge on any atom is 0.252 e. The van der Waals surface area contributed by atoms with E-state index < -0.39 is 0 Å². The SMILES string of the molecule is O=C(CCNC(=O)c1ccsc1)NCCc1ccco1. The van der Waals surface area contributed by atoms with Crippen LogP contribution in [0.25, 0.3) is 0 Å². The van der Waals surface area contributed by atoms with Gasteiger partial charge in [0.1, 0.15) is 5.76 Å². The fraction of sp³-hybridized carbons (Fsp3) is 0.286. The molecule has 20 heavy (non-hydrogen) atoms. The first-order valence-corrected chi connectivity index (χ1v) is 7.29.